The maximum Gasteiger partial charge on any atom is 0.151 e. The van der Waals surface area contributed by atoms with E-state index in [1.54, 1.807) is 12.0 Å². The third-order valence-electron chi connectivity index (χ3n) is 2.85. The smallest absolute Gasteiger partial charge is 0.151 e. The van der Waals surface area contributed by atoms with E-state index in [4.69, 9.17) is 10.5 Å². The summed E-state index contributed by atoms with van der Waals surface area (Å²) in [6, 6.07) is 2.53. The minimum Gasteiger partial charge on any atom is -0.399 e. The molecule has 0 atom stereocenters. The molecule has 1 aliphatic carbocycles. The Balaban J connectivity index is 2.28. The van der Waals surface area contributed by atoms with Gasteiger partial charge in [-0.15, -0.1) is 0 Å². The van der Waals surface area contributed by atoms with Crippen LogP contribution in [0.2, 0.25) is 0 Å². The van der Waals surface area contributed by atoms with Crippen molar-refractivity contribution in [3.8, 4) is 0 Å². The first-order valence-corrected chi connectivity index (χ1v) is 5.63. The summed E-state index contributed by atoms with van der Waals surface area (Å²) >= 11 is 0. The molecular formula is C12H16F2N2O. The molecule has 1 saturated carbocycles. The van der Waals surface area contributed by atoms with Gasteiger partial charge in [0, 0.05) is 25.4 Å². The summed E-state index contributed by atoms with van der Waals surface area (Å²) < 4.78 is 32.5. The number of hydrogen-bond acceptors (Lipinski definition) is 3. The van der Waals surface area contributed by atoms with Gasteiger partial charge in [-0.2, -0.15) is 0 Å². The van der Waals surface area contributed by atoms with E-state index < -0.39 is 11.6 Å². The summed E-state index contributed by atoms with van der Waals surface area (Å²) in [6.45, 7) is 0.929. The molecule has 0 bridgehead atoms. The minimum absolute atomic E-state index is 0.0127. The Hall–Kier alpha value is -1.36. The highest BCUT2D eigenvalue weighted by Crippen LogP contribution is 2.35. The summed E-state index contributed by atoms with van der Waals surface area (Å²) in [7, 11) is 1.57. The number of benzene rings is 1. The first-order chi connectivity index (χ1) is 8.13. The Labute approximate surface area is 99.2 Å². The van der Waals surface area contributed by atoms with Crippen molar-refractivity contribution in [2.45, 2.75) is 18.9 Å². The van der Waals surface area contributed by atoms with E-state index in [-0.39, 0.29) is 17.4 Å². The van der Waals surface area contributed by atoms with Gasteiger partial charge in [-0.1, -0.05) is 0 Å². The zero-order valence-corrected chi connectivity index (χ0v) is 9.75. The highest BCUT2D eigenvalue weighted by Gasteiger charge is 2.32. The van der Waals surface area contributed by atoms with Gasteiger partial charge in [0.2, 0.25) is 0 Å². The molecule has 0 aromatic heterocycles. The van der Waals surface area contributed by atoms with Gasteiger partial charge in [0.05, 0.1) is 6.61 Å². The maximum atomic E-state index is 13.8. The van der Waals surface area contributed by atoms with E-state index >= 15 is 0 Å². The van der Waals surface area contributed by atoms with Crippen LogP contribution >= 0.6 is 0 Å². The van der Waals surface area contributed by atoms with E-state index in [9.17, 15) is 8.78 Å². The van der Waals surface area contributed by atoms with E-state index in [2.05, 4.69) is 0 Å². The summed E-state index contributed by atoms with van der Waals surface area (Å²) in [5, 5.41) is 0. The third-order valence-corrected chi connectivity index (χ3v) is 2.85. The van der Waals surface area contributed by atoms with Crippen molar-refractivity contribution >= 4 is 11.4 Å². The van der Waals surface area contributed by atoms with Crippen molar-refractivity contribution < 1.29 is 13.5 Å². The van der Waals surface area contributed by atoms with Gasteiger partial charge in [0.1, 0.15) is 5.69 Å². The first kappa shape index (κ1) is 12.1. The van der Waals surface area contributed by atoms with Gasteiger partial charge in [0.15, 0.2) is 11.6 Å². The van der Waals surface area contributed by atoms with E-state index in [0.717, 1.165) is 25.0 Å². The molecule has 0 radical (unpaired) electrons. The highest BCUT2D eigenvalue weighted by atomic mass is 19.1. The van der Waals surface area contributed by atoms with Gasteiger partial charge < -0.3 is 15.4 Å². The van der Waals surface area contributed by atoms with Crippen LogP contribution in [0.4, 0.5) is 20.2 Å². The fourth-order valence-electron chi connectivity index (χ4n) is 1.91. The van der Waals surface area contributed by atoms with Crippen molar-refractivity contribution in [3.05, 3.63) is 23.8 Å². The van der Waals surface area contributed by atoms with Crippen LogP contribution in [0.3, 0.4) is 0 Å². The van der Waals surface area contributed by atoms with Gasteiger partial charge in [-0.05, 0) is 25.0 Å². The van der Waals surface area contributed by atoms with E-state index in [1.165, 1.54) is 0 Å². The predicted molar refractivity (Wildman–Crippen MR) is 63.0 cm³/mol. The predicted octanol–water partition coefficient (Wildman–Crippen LogP) is 2.16. The molecule has 0 amide bonds. The number of nitrogens with zero attached hydrogens (tertiary/aromatic N) is 1. The monoisotopic (exact) mass is 242 g/mol. The van der Waals surface area contributed by atoms with Crippen molar-refractivity contribution in [1.29, 1.82) is 0 Å². The van der Waals surface area contributed by atoms with Crippen LogP contribution in [0.5, 0.6) is 0 Å². The molecule has 94 valence electrons. The fourth-order valence-corrected chi connectivity index (χ4v) is 1.91. The fraction of sp³-hybridized carbons (Fsp3) is 0.500. The molecule has 1 aliphatic rings. The number of ether oxygens (including phenoxy) is 1. The Morgan fingerprint density at radius 3 is 2.41 bits per heavy atom. The number of nitrogens with two attached hydrogens (primary N) is 1. The van der Waals surface area contributed by atoms with Gasteiger partial charge >= 0.3 is 0 Å². The molecule has 3 nitrogen and oxygen atoms in total. The average Bonchev–Trinajstić information content (AvgIpc) is 3.05. The van der Waals surface area contributed by atoms with E-state index in [0.29, 0.717) is 13.2 Å². The lowest BCUT2D eigenvalue weighted by Crippen LogP contribution is -2.31. The molecule has 0 heterocycles. The molecule has 0 aliphatic heterocycles. The second-order valence-corrected chi connectivity index (χ2v) is 4.25. The van der Waals surface area contributed by atoms with Crippen molar-refractivity contribution in [2.75, 3.05) is 30.9 Å². The van der Waals surface area contributed by atoms with Gasteiger partial charge in [-0.3, -0.25) is 0 Å². The number of rotatable bonds is 5. The topological polar surface area (TPSA) is 38.5 Å². The summed E-state index contributed by atoms with van der Waals surface area (Å²) in [4.78, 5) is 1.73. The molecule has 2 N–H and O–H groups in total. The van der Waals surface area contributed by atoms with Crippen LogP contribution in [0.1, 0.15) is 12.8 Å². The molecule has 1 aromatic carbocycles. The number of nitrogen functional groups attached to an aromatic ring is 1. The van der Waals surface area contributed by atoms with Crippen LogP contribution in [0.25, 0.3) is 0 Å². The van der Waals surface area contributed by atoms with Gasteiger partial charge in [-0.25, -0.2) is 8.78 Å². The number of hydrogen-bond donors (Lipinski definition) is 1. The average molecular weight is 242 g/mol. The third kappa shape index (κ3) is 2.66. The zero-order chi connectivity index (χ0) is 12.4. The lowest BCUT2D eigenvalue weighted by molar-refractivity contribution is 0.204. The van der Waals surface area contributed by atoms with Crippen LogP contribution in [0.15, 0.2) is 12.1 Å². The molecule has 5 heteroatoms. The molecule has 17 heavy (non-hydrogen) atoms. The molecular weight excluding hydrogens is 226 g/mol. The van der Waals surface area contributed by atoms with E-state index in [1.807, 2.05) is 0 Å². The minimum atomic E-state index is -0.606. The maximum absolute atomic E-state index is 13.8. The molecule has 0 unspecified atom stereocenters. The molecule has 1 fully saturated rings. The second-order valence-electron chi connectivity index (χ2n) is 4.25. The second kappa shape index (κ2) is 4.87. The Bertz CT molecular complexity index is 384. The number of methoxy groups -OCH3 is 1. The Morgan fingerprint density at radius 1 is 1.35 bits per heavy atom. The lowest BCUT2D eigenvalue weighted by Gasteiger charge is -2.25. The van der Waals surface area contributed by atoms with Crippen LogP contribution in [-0.2, 0) is 4.74 Å². The summed E-state index contributed by atoms with van der Waals surface area (Å²) in [6.07, 6.45) is 1.93. The summed E-state index contributed by atoms with van der Waals surface area (Å²) in [5.74, 6) is -1.21. The number of anilines is 2. The van der Waals surface area contributed by atoms with Crippen LogP contribution in [-0.4, -0.2) is 26.3 Å². The largest absolute Gasteiger partial charge is 0.399 e. The van der Waals surface area contributed by atoms with Crippen molar-refractivity contribution in [1.82, 2.24) is 0 Å². The zero-order valence-electron chi connectivity index (χ0n) is 9.75. The van der Waals surface area contributed by atoms with Crippen molar-refractivity contribution in [2.24, 2.45) is 0 Å². The van der Waals surface area contributed by atoms with Crippen LogP contribution < -0.4 is 10.6 Å². The highest BCUT2D eigenvalue weighted by molar-refractivity contribution is 5.57. The Morgan fingerprint density at radius 2 is 1.94 bits per heavy atom. The molecule has 0 spiro atoms. The summed E-state index contributed by atoms with van der Waals surface area (Å²) in [5.41, 5.74) is 5.51. The first-order valence-electron chi connectivity index (χ1n) is 5.63. The lowest BCUT2D eigenvalue weighted by atomic mass is 10.2. The standard InChI is InChI=1S/C12H16F2N2O/c1-17-5-4-16(9-2-3-9)12-10(13)6-8(15)7-11(12)14/h6-7,9H,2-5,15H2,1H3. The molecule has 1 aromatic rings. The van der Waals surface area contributed by atoms with Crippen LogP contribution in [0, 0.1) is 11.6 Å². The quantitative estimate of drug-likeness (QED) is 0.804. The number of halogens is 2. The Kier molecular flexibility index (Phi) is 3.47. The molecule has 0 saturated heterocycles. The van der Waals surface area contributed by atoms with Gasteiger partial charge in [0.25, 0.3) is 0 Å². The SMILES string of the molecule is COCCN(c1c(F)cc(N)cc1F)C1CC1. The van der Waals surface area contributed by atoms with Crippen molar-refractivity contribution in [3.63, 3.8) is 0 Å². The molecule has 2 rings (SSSR count). The normalized spacial score (nSPS) is 15.0.